The Morgan fingerprint density at radius 1 is 0.526 bits per heavy atom. The molecule has 0 aromatic carbocycles. The number of hydrogen-bond acceptors (Lipinski definition) is 0. The Morgan fingerprint density at radius 3 is 1.58 bits per heavy atom. The summed E-state index contributed by atoms with van der Waals surface area (Å²) in [7, 11) is 0. The maximum atomic E-state index is 2.32. The van der Waals surface area contributed by atoms with E-state index in [4.69, 9.17) is 0 Å². The van der Waals surface area contributed by atoms with E-state index in [2.05, 4.69) is 62.5 Å². The van der Waals surface area contributed by atoms with Crippen molar-refractivity contribution in [3.8, 4) is 0 Å². The second-order valence-corrected chi connectivity index (χ2v) is 4.85. The van der Waals surface area contributed by atoms with Crippen LogP contribution in [0.5, 0.6) is 0 Å². The highest BCUT2D eigenvalue weighted by Crippen LogP contribution is 2.03. The Balaban J connectivity index is 3.33. The molecule has 0 nitrogen and oxygen atoms in total. The summed E-state index contributed by atoms with van der Waals surface area (Å²) in [6.45, 7) is 4.43. The molecule has 0 spiro atoms. The fraction of sp³-hybridized carbons (Fsp3) is 0.579. The van der Waals surface area contributed by atoms with Crippen LogP contribution in [0.15, 0.2) is 48.6 Å². The van der Waals surface area contributed by atoms with Crippen molar-refractivity contribution in [3.63, 3.8) is 0 Å². The quantitative estimate of drug-likeness (QED) is 0.268. The van der Waals surface area contributed by atoms with Crippen molar-refractivity contribution in [1.29, 1.82) is 0 Å². The minimum absolute atomic E-state index is 1.06. The zero-order valence-corrected chi connectivity index (χ0v) is 13.0. The van der Waals surface area contributed by atoms with Gasteiger partial charge in [-0.25, -0.2) is 0 Å². The van der Waals surface area contributed by atoms with E-state index in [-0.39, 0.29) is 0 Å². The predicted molar refractivity (Wildman–Crippen MR) is 89.5 cm³/mol. The lowest BCUT2D eigenvalue weighted by Crippen LogP contribution is -1.73. The number of hydrogen-bond donors (Lipinski definition) is 0. The number of unbranched alkanes of at least 4 members (excludes halogenated alkanes) is 4. The van der Waals surface area contributed by atoms with Crippen molar-refractivity contribution in [2.45, 2.75) is 71.6 Å². The van der Waals surface area contributed by atoms with Gasteiger partial charge >= 0.3 is 0 Å². The Hall–Kier alpha value is -1.04. The zero-order chi connectivity index (χ0) is 14.0. The van der Waals surface area contributed by atoms with E-state index >= 15 is 0 Å². The summed E-state index contributed by atoms with van der Waals surface area (Å²) >= 11 is 0. The Labute approximate surface area is 121 Å². The number of rotatable bonds is 12. The van der Waals surface area contributed by atoms with Crippen molar-refractivity contribution in [3.05, 3.63) is 48.6 Å². The van der Waals surface area contributed by atoms with E-state index < -0.39 is 0 Å². The van der Waals surface area contributed by atoms with Crippen molar-refractivity contribution < 1.29 is 0 Å². The lowest BCUT2D eigenvalue weighted by molar-refractivity contribution is 0.674. The van der Waals surface area contributed by atoms with Crippen LogP contribution in [0.4, 0.5) is 0 Å². The number of allylic oxidation sites excluding steroid dienone is 8. The minimum atomic E-state index is 1.06. The van der Waals surface area contributed by atoms with Crippen LogP contribution in [0, 0.1) is 0 Å². The first kappa shape index (κ1) is 18.0. The third-order valence-corrected chi connectivity index (χ3v) is 2.94. The molecule has 108 valence electrons. The molecular formula is C19H32. The van der Waals surface area contributed by atoms with E-state index in [9.17, 15) is 0 Å². The molecule has 0 aromatic heterocycles. The fourth-order valence-corrected chi connectivity index (χ4v) is 1.79. The predicted octanol–water partition coefficient (Wildman–Crippen LogP) is 6.76. The Kier molecular flexibility index (Phi) is 16.0. The van der Waals surface area contributed by atoms with Gasteiger partial charge in [-0.3, -0.25) is 0 Å². The van der Waals surface area contributed by atoms with E-state index in [0.717, 1.165) is 25.7 Å². The highest BCUT2D eigenvalue weighted by atomic mass is 13.9. The molecule has 0 aliphatic carbocycles. The average molecular weight is 260 g/mol. The van der Waals surface area contributed by atoms with Crippen LogP contribution in [-0.4, -0.2) is 0 Å². The van der Waals surface area contributed by atoms with Gasteiger partial charge in [0.25, 0.3) is 0 Å². The molecule has 0 unspecified atom stereocenters. The molecule has 0 saturated carbocycles. The first-order valence-electron chi connectivity index (χ1n) is 8.01. The first-order chi connectivity index (χ1) is 9.41. The molecular weight excluding hydrogens is 228 g/mol. The van der Waals surface area contributed by atoms with Crippen LogP contribution in [0.2, 0.25) is 0 Å². The van der Waals surface area contributed by atoms with Crippen LogP contribution in [0.25, 0.3) is 0 Å². The summed E-state index contributed by atoms with van der Waals surface area (Å²) in [5, 5.41) is 0. The van der Waals surface area contributed by atoms with Gasteiger partial charge in [0.2, 0.25) is 0 Å². The molecule has 0 amide bonds. The summed E-state index contributed by atoms with van der Waals surface area (Å²) in [6, 6.07) is 0. The van der Waals surface area contributed by atoms with Gasteiger partial charge in [0.15, 0.2) is 0 Å². The summed E-state index contributed by atoms with van der Waals surface area (Å²) in [6.07, 6.45) is 29.1. The largest absolute Gasteiger partial charge is 0.0885 e. The van der Waals surface area contributed by atoms with E-state index in [1.165, 1.54) is 32.1 Å². The lowest BCUT2D eigenvalue weighted by atomic mass is 10.1. The SMILES string of the molecule is CC/C=C\C/C=C\C/C=C\C/C=C/CCCCCC. The van der Waals surface area contributed by atoms with Crippen LogP contribution < -0.4 is 0 Å². The highest BCUT2D eigenvalue weighted by Gasteiger charge is 1.83. The van der Waals surface area contributed by atoms with E-state index in [1.54, 1.807) is 0 Å². The third kappa shape index (κ3) is 17.0. The molecule has 0 fully saturated rings. The van der Waals surface area contributed by atoms with E-state index in [0.29, 0.717) is 0 Å². The molecule has 0 aromatic rings. The molecule has 0 rings (SSSR count). The third-order valence-electron chi connectivity index (χ3n) is 2.94. The Bertz CT molecular complexity index is 266. The van der Waals surface area contributed by atoms with Gasteiger partial charge in [0, 0.05) is 0 Å². The van der Waals surface area contributed by atoms with Gasteiger partial charge < -0.3 is 0 Å². The highest BCUT2D eigenvalue weighted by molar-refractivity contribution is 4.99. The topological polar surface area (TPSA) is 0 Å². The normalized spacial score (nSPS) is 12.7. The van der Waals surface area contributed by atoms with Gasteiger partial charge in [0.1, 0.15) is 0 Å². The summed E-state index contributed by atoms with van der Waals surface area (Å²) in [5.74, 6) is 0. The van der Waals surface area contributed by atoms with Gasteiger partial charge in [0.05, 0.1) is 0 Å². The summed E-state index contributed by atoms with van der Waals surface area (Å²) in [4.78, 5) is 0. The standard InChI is InChI=1S/C19H32/c1-3-5-7-9-11-13-15-17-19-18-16-14-12-10-8-6-4-2/h5,7,11,13-14,16-17,19H,3-4,6,8-10,12,15,18H2,1-2H3/b7-5-,13-11-,16-14+,19-17-. The fourth-order valence-electron chi connectivity index (χ4n) is 1.79. The summed E-state index contributed by atoms with van der Waals surface area (Å²) in [5.41, 5.74) is 0. The maximum absolute atomic E-state index is 2.32. The zero-order valence-electron chi connectivity index (χ0n) is 13.0. The lowest BCUT2D eigenvalue weighted by Gasteiger charge is -1.93. The summed E-state index contributed by atoms with van der Waals surface area (Å²) < 4.78 is 0. The molecule has 0 bridgehead atoms. The molecule has 0 aliphatic rings. The van der Waals surface area contributed by atoms with Gasteiger partial charge in [-0.15, -0.1) is 0 Å². The molecule has 0 heteroatoms. The second kappa shape index (κ2) is 17.0. The molecule has 19 heavy (non-hydrogen) atoms. The minimum Gasteiger partial charge on any atom is -0.0885 e. The molecule has 0 heterocycles. The van der Waals surface area contributed by atoms with Crippen LogP contribution >= 0.6 is 0 Å². The molecule has 0 atom stereocenters. The van der Waals surface area contributed by atoms with Crippen LogP contribution in [0.3, 0.4) is 0 Å². The van der Waals surface area contributed by atoms with Crippen molar-refractivity contribution in [2.24, 2.45) is 0 Å². The second-order valence-electron chi connectivity index (χ2n) is 4.85. The van der Waals surface area contributed by atoms with Gasteiger partial charge in [-0.05, 0) is 38.5 Å². The smallest absolute Gasteiger partial charge is 0.0169 e. The monoisotopic (exact) mass is 260 g/mol. The first-order valence-corrected chi connectivity index (χ1v) is 8.01. The molecule has 0 radical (unpaired) electrons. The van der Waals surface area contributed by atoms with Crippen molar-refractivity contribution in [1.82, 2.24) is 0 Å². The Morgan fingerprint density at radius 2 is 1.05 bits per heavy atom. The average Bonchev–Trinajstić information content (AvgIpc) is 2.43. The van der Waals surface area contributed by atoms with Gasteiger partial charge in [-0.1, -0.05) is 81.7 Å². The molecule has 0 saturated heterocycles. The maximum Gasteiger partial charge on any atom is -0.0169 e. The van der Waals surface area contributed by atoms with Crippen molar-refractivity contribution in [2.75, 3.05) is 0 Å². The van der Waals surface area contributed by atoms with Gasteiger partial charge in [-0.2, -0.15) is 0 Å². The van der Waals surface area contributed by atoms with Crippen molar-refractivity contribution >= 4 is 0 Å². The molecule has 0 aliphatic heterocycles. The molecule has 0 N–H and O–H groups in total. The van der Waals surface area contributed by atoms with Crippen LogP contribution in [0.1, 0.15) is 71.6 Å². The van der Waals surface area contributed by atoms with Crippen LogP contribution in [-0.2, 0) is 0 Å². The van der Waals surface area contributed by atoms with E-state index in [1.807, 2.05) is 0 Å².